The molecule has 1 aliphatic rings. The first-order chi connectivity index (χ1) is 10.1. The molecule has 0 aromatic heterocycles. The normalized spacial score (nSPS) is 22.7. The first-order valence-corrected chi connectivity index (χ1v) is 9.12. The standard InChI is InChI=1S/C17H21NO2S/c1-2-18-15-8-10-17(12-15)21(19,20)16-9-7-13-5-3-4-6-14(13)11-16/h3-7,9,11,15,17-18H,2,8,10,12H2,1H3. The zero-order valence-electron chi connectivity index (χ0n) is 12.2. The minimum Gasteiger partial charge on any atom is -0.314 e. The largest absolute Gasteiger partial charge is 0.314 e. The summed E-state index contributed by atoms with van der Waals surface area (Å²) in [5.74, 6) is 0. The maximum absolute atomic E-state index is 12.8. The second-order valence-electron chi connectivity index (χ2n) is 5.74. The van der Waals surface area contributed by atoms with E-state index in [1.54, 1.807) is 6.07 Å². The molecule has 2 aromatic carbocycles. The summed E-state index contributed by atoms with van der Waals surface area (Å²) in [5, 5.41) is 5.18. The first-order valence-electron chi connectivity index (χ1n) is 7.57. The highest BCUT2D eigenvalue weighted by Crippen LogP contribution is 2.31. The van der Waals surface area contributed by atoms with Crippen LogP contribution in [0.1, 0.15) is 26.2 Å². The van der Waals surface area contributed by atoms with Gasteiger partial charge in [0, 0.05) is 6.04 Å². The maximum atomic E-state index is 12.8. The van der Waals surface area contributed by atoms with Gasteiger partial charge in [0.2, 0.25) is 0 Å². The Balaban J connectivity index is 1.90. The predicted octanol–water partition coefficient (Wildman–Crippen LogP) is 3.14. The molecule has 4 heteroatoms. The van der Waals surface area contributed by atoms with Crippen LogP contribution in [0.4, 0.5) is 0 Å². The van der Waals surface area contributed by atoms with E-state index in [-0.39, 0.29) is 5.25 Å². The Morgan fingerprint density at radius 1 is 1.10 bits per heavy atom. The minimum atomic E-state index is -3.22. The fourth-order valence-corrected chi connectivity index (χ4v) is 5.10. The van der Waals surface area contributed by atoms with Gasteiger partial charge in [0.05, 0.1) is 10.1 Å². The Bertz CT molecular complexity index is 739. The zero-order valence-corrected chi connectivity index (χ0v) is 13.1. The highest BCUT2D eigenvalue weighted by molar-refractivity contribution is 7.92. The number of rotatable bonds is 4. The first kappa shape index (κ1) is 14.5. The number of benzene rings is 2. The topological polar surface area (TPSA) is 46.2 Å². The van der Waals surface area contributed by atoms with E-state index in [4.69, 9.17) is 0 Å². The van der Waals surface area contributed by atoms with Crippen LogP contribution in [-0.2, 0) is 9.84 Å². The lowest BCUT2D eigenvalue weighted by Crippen LogP contribution is -2.28. The van der Waals surface area contributed by atoms with Crippen molar-refractivity contribution in [2.45, 2.75) is 42.4 Å². The summed E-state index contributed by atoms with van der Waals surface area (Å²) in [6, 6.07) is 13.7. The molecule has 0 saturated heterocycles. The smallest absolute Gasteiger partial charge is 0.181 e. The summed E-state index contributed by atoms with van der Waals surface area (Å²) in [7, 11) is -3.22. The lowest BCUT2D eigenvalue weighted by Gasteiger charge is -2.13. The number of hydrogen-bond acceptors (Lipinski definition) is 3. The molecule has 1 N–H and O–H groups in total. The lowest BCUT2D eigenvalue weighted by atomic mass is 10.1. The van der Waals surface area contributed by atoms with Crippen molar-refractivity contribution < 1.29 is 8.42 Å². The molecular weight excluding hydrogens is 282 g/mol. The highest BCUT2D eigenvalue weighted by atomic mass is 32.2. The molecule has 2 aromatic rings. The zero-order chi connectivity index (χ0) is 14.9. The van der Waals surface area contributed by atoms with Crippen molar-refractivity contribution in [1.82, 2.24) is 5.32 Å². The third-order valence-corrected chi connectivity index (χ3v) is 6.58. The Hall–Kier alpha value is -1.39. The average Bonchev–Trinajstić information content (AvgIpc) is 2.96. The Morgan fingerprint density at radius 2 is 1.86 bits per heavy atom. The van der Waals surface area contributed by atoms with E-state index < -0.39 is 9.84 Å². The van der Waals surface area contributed by atoms with E-state index in [1.807, 2.05) is 36.4 Å². The number of nitrogens with one attached hydrogen (secondary N) is 1. The van der Waals surface area contributed by atoms with E-state index in [0.717, 1.165) is 36.6 Å². The third kappa shape index (κ3) is 2.83. The Morgan fingerprint density at radius 3 is 2.62 bits per heavy atom. The van der Waals surface area contributed by atoms with Crippen LogP contribution in [0.25, 0.3) is 10.8 Å². The van der Waals surface area contributed by atoms with Crippen LogP contribution in [0.15, 0.2) is 47.4 Å². The third-order valence-electron chi connectivity index (χ3n) is 4.37. The van der Waals surface area contributed by atoms with E-state index in [0.29, 0.717) is 10.9 Å². The van der Waals surface area contributed by atoms with Gasteiger partial charge in [0.1, 0.15) is 0 Å². The van der Waals surface area contributed by atoms with Crippen molar-refractivity contribution in [2.75, 3.05) is 6.54 Å². The Kier molecular flexibility index (Phi) is 4.00. The lowest BCUT2D eigenvalue weighted by molar-refractivity contribution is 0.537. The second-order valence-corrected chi connectivity index (χ2v) is 7.97. The summed E-state index contributed by atoms with van der Waals surface area (Å²) in [5.41, 5.74) is 0. The molecule has 112 valence electrons. The summed E-state index contributed by atoms with van der Waals surface area (Å²) >= 11 is 0. The van der Waals surface area contributed by atoms with Crippen LogP contribution in [0.3, 0.4) is 0 Å². The van der Waals surface area contributed by atoms with Crippen molar-refractivity contribution in [3.8, 4) is 0 Å². The van der Waals surface area contributed by atoms with E-state index in [1.165, 1.54) is 0 Å². The van der Waals surface area contributed by atoms with Crippen LogP contribution in [0.2, 0.25) is 0 Å². The molecule has 3 rings (SSSR count). The molecule has 1 saturated carbocycles. The van der Waals surface area contributed by atoms with Gasteiger partial charge in [-0.3, -0.25) is 0 Å². The molecule has 3 nitrogen and oxygen atoms in total. The average molecular weight is 303 g/mol. The fourth-order valence-electron chi connectivity index (χ4n) is 3.23. The predicted molar refractivity (Wildman–Crippen MR) is 86.2 cm³/mol. The summed E-state index contributed by atoms with van der Waals surface area (Å²) < 4.78 is 25.6. The van der Waals surface area contributed by atoms with E-state index in [9.17, 15) is 8.42 Å². The molecule has 1 aliphatic carbocycles. The molecular formula is C17H21NO2S. The summed E-state index contributed by atoms with van der Waals surface area (Å²) in [6.07, 6.45) is 2.43. The Labute approximate surface area is 126 Å². The van der Waals surface area contributed by atoms with Crippen molar-refractivity contribution in [3.63, 3.8) is 0 Å². The van der Waals surface area contributed by atoms with Crippen molar-refractivity contribution in [2.24, 2.45) is 0 Å². The molecule has 2 unspecified atom stereocenters. The van der Waals surface area contributed by atoms with Gasteiger partial charge >= 0.3 is 0 Å². The van der Waals surface area contributed by atoms with E-state index in [2.05, 4.69) is 12.2 Å². The van der Waals surface area contributed by atoms with Gasteiger partial charge in [-0.2, -0.15) is 0 Å². The highest BCUT2D eigenvalue weighted by Gasteiger charge is 2.34. The van der Waals surface area contributed by atoms with Gasteiger partial charge in [0.15, 0.2) is 9.84 Å². The van der Waals surface area contributed by atoms with E-state index >= 15 is 0 Å². The second kappa shape index (κ2) is 5.78. The molecule has 21 heavy (non-hydrogen) atoms. The molecule has 0 aliphatic heterocycles. The number of fused-ring (bicyclic) bond motifs is 1. The van der Waals surface area contributed by atoms with Gasteiger partial charge < -0.3 is 5.32 Å². The molecule has 1 fully saturated rings. The fraction of sp³-hybridized carbons (Fsp3) is 0.412. The van der Waals surface area contributed by atoms with Crippen LogP contribution >= 0.6 is 0 Å². The summed E-state index contributed by atoms with van der Waals surface area (Å²) in [6.45, 7) is 2.96. The molecule has 0 bridgehead atoms. The molecule has 0 radical (unpaired) electrons. The number of sulfone groups is 1. The molecule has 0 amide bonds. The van der Waals surface area contributed by atoms with Crippen molar-refractivity contribution >= 4 is 20.6 Å². The minimum absolute atomic E-state index is 0.247. The molecule has 2 atom stereocenters. The monoisotopic (exact) mass is 303 g/mol. The molecule has 0 spiro atoms. The van der Waals surface area contributed by atoms with Gasteiger partial charge in [0.25, 0.3) is 0 Å². The van der Waals surface area contributed by atoms with Crippen molar-refractivity contribution in [1.29, 1.82) is 0 Å². The van der Waals surface area contributed by atoms with Gasteiger partial charge in [-0.25, -0.2) is 8.42 Å². The van der Waals surface area contributed by atoms with Gasteiger partial charge in [-0.15, -0.1) is 0 Å². The molecule has 0 heterocycles. The van der Waals surface area contributed by atoms with Crippen LogP contribution < -0.4 is 5.32 Å². The van der Waals surface area contributed by atoms with Crippen LogP contribution in [-0.4, -0.2) is 26.3 Å². The van der Waals surface area contributed by atoms with Crippen LogP contribution in [0, 0.1) is 0 Å². The van der Waals surface area contributed by atoms with Crippen LogP contribution in [0.5, 0.6) is 0 Å². The quantitative estimate of drug-likeness (QED) is 0.944. The van der Waals surface area contributed by atoms with Crippen molar-refractivity contribution in [3.05, 3.63) is 42.5 Å². The maximum Gasteiger partial charge on any atom is 0.181 e. The summed E-state index contributed by atoms with van der Waals surface area (Å²) in [4.78, 5) is 0.461. The number of hydrogen-bond donors (Lipinski definition) is 1. The SMILES string of the molecule is CCNC1CCC(S(=O)(=O)c2ccc3ccccc3c2)C1. The van der Waals surface area contributed by atoms with Gasteiger partial charge in [-0.1, -0.05) is 37.3 Å². The van der Waals surface area contributed by atoms with Gasteiger partial charge in [-0.05, 0) is 48.7 Å².